The second-order valence-electron chi connectivity index (χ2n) is 4.08. The lowest BCUT2D eigenvalue weighted by atomic mass is 9.84. The molecule has 0 saturated heterocycles. The Morgan fingerprint density at radius 2 is 1.65 bits per heavy atom. The molecule has 1 aromatic rings. The van der Waals surface area contributed by atoms with Crippen LogP contribution in [0.25, 0.3) is 0 Å². The molecule has 0 N–H and O–H groups in total. The zero-order valence-electron chi connectivity index (χ0n) is 11.2. The summed E-state index contributed by atoms with van der Waals surface area (Å²) in [5.74, 6) is -3.31. The highest BCUT2D eigenvalue weighted by molar-refractivity contribution is 6.30. The summed E-state index contributed by atoms with van der Waals surface area (Å²) >= 11 is 5.80. The average molecular weight is 299 g/mol. The molecule has 0 aliphatic carbocycles. The molecule has 1 aromatic carbocycles. The third-order valence-corrected chi connectivity index (χ3v) is 3.21. The van der Waals surface area contributed by atoms with E-state index in [0.29, 0.717) is 16.9 Å². The molecule has 0 aliphatic heterocycles. The number of aldehydes is 1. The van der Waals surface area contributed by atoms with E-state index in [-0.39, 0.29) is 6.42 Å². The quantitative estimate of drug-likeness (QED) is 0.456. The van der Waals surface area contributed by atoms with E-state index in [1.807, 2.05) is 0 Å². The first kappa shape index (κ1) is 16.2. The molecule has 1 rings (SSSR count). The number of benzene rings is 1. The van der Waals surface area contributed by atoms with Crippen LogP contribution >= 0.6 is 11.6 Å². The van der Waals surface area contributed by atoms with E-state index in [1.165, 1.54) is 14.2 Å². The minimum absolute atomic E-state index is 0.00347. The van der Waals surface area contributed by atoms with Crippen LogP contribution in [0.3, 0.4) is 0 Å². The van der Waals surface area contributed by atoms with Gasteiger partial charge in [-0.3, -0.25) is 9.59 Å². The number of hydrogen-bond acceptors (Lipinski definition) is 5. The van der Waals surface area contributed by atoms with Crippen LogP contribution in [0.4, 0.5) is 0 Å². The van der Waals surface area contributed by atoms with Gasteiger partial charge in [0.05, 0.1) is 14.2 Å². The summed E-state index contributed by atoms with van der Waals surface area (Å²) in [4.78, 5) is 34.5. The highest BCUT2D eigenvalue weighted by Gasteiger charge is 2.37. The van der Waals surface area contributed by atoms with Crippen LogP contribution in [0.2, 0.25) is 5.02 Å². The number of rotatable bonds is 6. The third-order valence-electron chi connectivity index (χ3n) is 2.96. The predicted octanol–water partition coefficient (Wildman–Crippen LogP) is 1.97. The minimum atomic E-state index is -1.18. The molecule has 0 unspecified atom stereocenters. The molecule has 0 radical (unpaired) electrons. The van der Waals surface area contributed by atoms with Gasteiger partial charge < -0.3 is 14.3 Å². The van der Waals surface area contributed by atoms with Gasteiger partial charge in [-0.15, -0.1) is 0 Å². The Morgan fingerprint density at radius 1 is 1.15 bits per heavy atom. The normalized spacial score (nSPS) is 11.8. The van der Waals surface area contributed by atoms with Crippen molar-refractivity contribution in [1.82, 2.24) is 0 Å². The van der Waals surface area contributed by atoms with Crippen LogP contribution < -0.4 is 0 Å². The van der Waals surface area contributed by atoms with Crippen LogP contribution in [0.15, 0.2) is 24.3 Å². The molecule has 0 spiro atoms. The number of carbonyl (C=O) groups excluding carboxylic acids is 3. The van der Waals surface area contributed by atoms with Gasteiger partial charge in [0.15, 0.2) is 5.92 Å². The monoisotopic (exact) mass is 298 g/mol. The number of ether oxygens (including phenoxy) is 2. The SMILES string of the molecule is COC(=O)C(C(=O)OC)[C@@H](CC=O)c1ccc(Cl)cc1. The van der Waals surface area contributed by atoms with Gasteiger partial charge in [0.25, 0.3) is 0 Å². The summed E-state index contributed by atoms with van der Waals surface area (Å²) < 4.78 is 9.25. The first-order valence-corrected chi connectivity index (χ1v) is 6.27. The van der Waals surface area contributed by atoms with E-state index in [0.717, 1.165) is 0 Å². The number of hydrogen-bond donors (Lipinski definition) is 0. The topological polar surface area (TPSA) is 69.7 Å². The second-order valence-corrected chi connectivity index (χ2v) is 4.52. The summed E-state index contributed by atoms with van der Waals surface area (Å²) in [5, 5.41) is 0.520. The van der Waals surface area contributed by atoms with E-state index >= 15 is 0 Å². The molecule has 6 heteroatoms. The van der Waals surface area contributed by atoms with Crippen LogP contribution in [-0.4, -0.2) is 32.4 Å². The first-order valence-electron chi connectivity index (χ1n) is 5.89. The van der Waals surface area contributed by atoms with E-state index in [9.17, 15) is 14.4 Å². The lowest BCUT2D eigenvalue weighted by molar-refractivity contribution is -0.160. The van der Waals surface area contributed by atoms with Gasteiger partial charge in [-0.05, 0) is 17.7 Å². The van der Waals surface area contributed by atoms with Crippen LogP contribution in [0, 0.1) is 5.92 Å². The Balaban J connectivity index is 3.19. The predicted molar refractivity (Wildman–Crippen MR) is 72.4 cm³/mol. The van der Waals surface area contributed by atoms with Gasteiger partial charge in [0.2, 0.25) is 0 Å². The summed E-state index contributed by atoms with van der Waals surface area (Å²) in [6.07, 6.45) is 0.647. The molecule has 0 bridgehead atoms. The lowest BCUT2D eigenvalue weighted by Gasteiger charge is -2.22. The summed E-state index contributed by atoms with van der Waals surface area (Å²) in [6.45, 7) is 0. The fraction of sp³-hybridized carbons (Fsp3) is 0.357. The van der Waals surface area contributed by atoms with Gasteiger partial charge in [-0.2, -0.15) is 0 Å². The van der Waals surface area contributed by atoms with Crippen molar-refractivity contribution in [1.29, 1.82) is 0 Å². The maximum Gasteiger partial charge on any atom is 0.320 e. The van der Waals surface area contributed by atoms with Crippen molar-refractivity contribution in [3.63, 3.8) is 0 Å². The van der Waals surface area contributed by atoms with Gasteiger partial charge in [-0.25, -0.2) is 0 Å². The maximum atomic E-state index is 11.8. The Bertz CT molecular complexity index is 467. The van der Waals surface area contributed by atoms with Gasteiger partial charge in [0, 0.05) is 17.4 Å². The minimum Gasteiger partial charge on any atom is -0.468 e. The van der Waals surface area contributed by atoms with E-state index < -0.39 is 23.8 Å². The maximum absolute atomic E-state index is 11.8. The smallest absolute Gasteiger partial charge is 0.320 e. The standard InChI is InChI=1S/C14H15ClO5/c1-19-13(17)12(14(18)20-2)11(7-8-16)9-3-5-10(15)6-4-9/h3-6,8,11-12H,7H2,1-2H3/t11-/m0/s1. The molecular formula is C14H15ClO5. The average Bonchev–Trinajstić information content (AvgIpc) is 2.47. The molecule has 0 saturated carbocycles. The van der Waals surface area contributed by atoms with E-state index in [4.69, 9.17) is 11.6 Å². The summed E-state index contributed by atoms with van der Waals surface area (Å²) in [7, 11) is 2.36. The number of carbonyl (C=O) groups is 3. The van der Waals surface area contributed by atoms with E-state index in [1.54, 1.807) is 24.3 Å². The fourth-order valence-electron chi connectivity index (χ4n) is 1.96. The van der Waals surface area contributed by atoms with Crippen molar-refractivity contribution in [3.05, 3.63) is 34.9 Å². The number of methoxy groups -OCH3 is 2. The Labute approximate surface area is 121 Å². The van der Waals surface area contributed by atoms with Gasteiger partial charge in [0.1, 0.15) is 6.29 Å². The van der Waals surface area contributed by atoms with Crippen molar-refractivity contribution in [2.45, 2.75) is 12.3 Å². The van der Waals surface area contributed by atoms with Gasteiger partial charge >= 0.3 is 11.9 Å². The van der Waals surface area contributed by atoms with Crippen LogP contribution in [0.1, 0.15) is 17.9 Å². The fourth-order valence-corrected chi connectivity index (χ4v) is 2.08. The lowest BCUT2D eigenvalue weighted by Crippen LogP contribution is -2.32. The molecule has 108 valence electrons. The summed E-state index contributed by atoms with van der Waals surface area (Å²) in [5.41, 5.74) is 0.641. The largest absolute Gasteiger partial charge is 0.468 e. The summed E-state index contributed by atoms with van der Waals surface area (Å²) in [6, 6.07) is 6.57. The van der Waals surface area contributed by atoms with Crippen LogP contribution in [0.5, 0.6) is 0 Å². The zero-order valence-corrected chi connectivity index (χ0v) is 11.9. The number of esters is 2. The van der Waals surface area contributed by atoms with E-state index in [2.05, 4.69) is 9.47 Å². The second kappa shape index (κ2) is 7.65. The first-order chi connectivity index (χ1) is 9.54. The van der Waals surface area contributed by atoms with Crippen molar-refractivity contribution in [3.8, 4) is 0 Å². The highest BCUT2D eigenvalue weighted by Crippen LogP contribution is 2.30. The van der Waals surface area contributed by atoms with Crippen LogP contribution in [-0.2, 0) is 23.9 Å². The zero-order chi connectivity index (χ0) is 15.1. The van der Waals surface area contributed by atoms with Crippen molar-refractivity contribution >= 4 is 29.8 Å². The molecule has 5 nitrogen and oxygen atoms in total. The Morgan fingerprint density at radius 3 is 2.05 bits per heavy atom. The Kier molecular flexibility index (Phi) is 6.18. The molecule has 1 atom stereocenters. The third kappa shape index (κ3) is 3.81. The molecule has 0 aliphatic rings. The molecule has 0 amide bonds. The van der Waals surface area contributed by atoms with Crippen molar-refractivity contribution < 1.29 is 23.9 Å². The molecular weight excluding hydrogens is 284 g/mol. The molecule has 0 aromatic heterocycles. The number of halogens is 1. The van der Waals surface area contributed by atoms with Gasteiger partial charge in [-0.1, -0.05) is 23.7 Å². The molecule has 0 heterocycles. The Hall–Kier alpha value is -1.88. The highest BCUT2D eigenvalue weighted by atomic mass is 35.5. The molecule has 20 heavy (non-hydrogen) atoms. The van der Waals surface area contributed by atoms with Crippen molar-refractivity contribution in [2.75, 3.05) is 14.2 Å². The molecule has 0 fully saturated rings. The van der Waals surface area contributed by atoms with Crippen molar-refractivity contribution in [2.24, 2.45) is 5.92 Å².